The number of anilines is 4. The van der Waals surface area contributed by atoms with Crippen molar-refractivity contribution in [3.8, 4) is 67.0 Å². The summed E-state index contributed by atoms with van der Waals surface area (Å²) in [5.74, 6) is 0. The molecule has 0 aliphatic carbocycles. The Kier molecular flexibility index (Phi) is 13.0. The highest BCUT2D eigenvalue weighted by Crippen LogP contribution is 2.45. The molecule has 4 nitrogen and oxygen atoms in total. The van der Waals surface area contributed by atoms with Crippen molar-refractivity contribution >= 4 is 109 Å². The zero-order valence-corrected chi connectivity index (χ0v) is 52.1. The fraction of sp³-hybridized carbons (Fsp3) is 0.0222. The highest BCUT2D eigenvalue weighted by molar-refractivity contribution is 6.22. The van der Waals surface area contributed by atoms with Gasteiger partial charge in [0.15, 0.2) is 0 Å². The molecule has 0 atom stereocenters. The smallest absolute Gasteiger partial charge is 0.0547 e. The SMILES string of the molecule is CN(c1ccccc1)c1ccc(-c2ccc(-c3ccc4c5c6ccccc6ccc5n(-c5ccc6cc(-c7cc8c9cc%10ccccc%10cc9n(-c9ccc%10ccccc%10c9)c8cc7-c7ccc(-c8ccc(N(C)c9ccccc9)cc8)cc7)ccc6c5)c4c3)cc2)cc1. The molecule has 18 rings (SSSR count). The van der Waals surface area contributed by atoms with Gasteiger partial charge >= 0.3 is 0 Å². The first-order chi connectivity index (χ1) is 46.4. The molecule has 94 heavy (non-hydrogen) atoms. The zero-order valence-electron chi connectivity index (χ0n) is 52.1. The normalized spacial score (nSPS) is 11.7. The molecule has 16 aromatic carbocycles. The molecule has 0 radical (unpaired) electrons. The van der Waals surface area contributed by atoms with Crippen LogP contribution in [-0.2, 0) is 0 Å². The lowest BCUT2D eigenvalue weighted by Crippen LogP contribution is -2.08. The van der Waals surface area contributed by atoms with Crippen LogP contribution in [0.4, 0.5) is 22.7 Å². The summed E-state index contributed by atoms with van der Waals surface area (Å²) in [6.45, 7) is 0. The lowest BCUT2D eigenvalue weighted by Gasteiger charge is -2.19. The van der Waals surface area contributed by atoms with Crippen molar-refractivity contribution in [2.24, 2.45) is 0 Å². The van der Waals surface area contributed by atoms with Gasteiger partial charge in [-0.3, -0.25) is 0 Å². The molecule has 0 amide bonds. The fourth-order valence-electron chi connectivity index (χ4n) is 14.7. The highest BCUT2D eigenvalue weighted by Gasteiger charge is 2.22. The van der Waals surface area contributed by atoms with E-state index < -0.39 is 0 Å². The minimum absolute atomic E-state index is 1.12. The Labute approximate surface area is 545 Å². The van der Waals surface area contributed by atoms with Crippen LogP contribution in [0.1, 0.15) is 0 Å². The Balaban J connectivity index is 0.757. The lowest BCUT2D eigenvalue weighted by atomic mass is 9.90. The zero-order chi connectivity index (χ0) is 62.4. The van der Waals surface area contributed by atoms with Crippen molar-refractivity contribution in [2.45, 2.75) is 0 Å². The monoisotopic (exact) mass is 1200 g/mol. The standard InChI is InChI=1S/C90H62N4/c1-91(74-20-5-3-6-21-74)76-43-35-62(36-44-76)60-25-27-64(28-26-60)72-41-49-81-87(56-72)93(86-50-42-65-16-13-14-24-80(65)90(81)86)78-48-40-70-51-73(34-33-71(70)53-78)82-57-85-84-54-68-18-11-12-19-69(68)55-88(84)94(79-47-39-59-15-9-10-17-67(59)52-79)89(85)58-83(82)66-31-29-61(30-32-66)63-37-45-77(46-38-63)92(2)75-22-7-4-8-23-75/h3-58H,1-2H3. The highest BCUT2D eigenvalue weighted by atomic mass is 15.1. The van der Waals surface area contributed by atoms with E-state index in [0.29, 0.717) is 0 Å². The summed E-state index contributed by atoms with van der Waals surface area (Å²) in [6.07, 6.45) is 0. The lowest BCUT2D eigenvalue weighted by molar-refractivity contribution is 1.19. The maximum Gasteiger partial charge on any atom is 0.0547 e. The van der Waals surface area contributed by atoms with Crippen LogP contribution in [0.25, 0.3) is 154 Å². The van der Waals surface area contributed by atoms with Crippen molar-refractivity contribution in [2.75, 3.05) is 23.9 Å². The van der Waals surface area contributed by atoms with Gasteiger partial charge in [0.05, 0.1) is 22.1 Å². The Bertz CT molecular complexity index is 5960. The second-order valence-corrected chi connectivity index (χ2v) is 25.0. The Morgan fingerprint density at radius 2 is 0.585 bits per heavy atom. The average Bonchev–Trinajstić information content (AvgIpc) is 1.57. The molecule has 442 valence electrons. The van der Waals surface area contributed by atoms with E-state index in [1.54, 1.807) is 0 Å². The van der Waals surface area contributed by atoms with Crippen LogP contribution in [0, 0.1) is 0 Å². The van der Waals surface area contributed by atoms with Crippen LogP contribution in [0.3, 0.4) is 0 Å². The summed E-state index contributed by atoms with van der Waals surface area (Å²) in [4.78, 5) is 4.45. The van der Waals surface area contributed by atoms with E-state index in [1.807, 2.05) is 0 Å². The Morgan fingerprint density at radius 3 is 1.20 bits per heavy atom. The van der Waals surface area contributed by atoms with E-state index in [4.69, 9.17) is 0 Å². The van der Waals surface area contributed by atoms with Gasteiger partial charge in [-0.05, 0) is 214 Å². The van der Waals surface area contributed by atoms with E-state index >= 15 is 0 Å². The molecular weight excluding hydrogens is 1140 g/mol. The second-order valence-electron chi connectivity index (χ2n) is 25.0. The van der Waals surface area contributed by atoms with Crippen molar-refractivity contribution in [3.05, 3.63) is 340 Å². The second kappa shape index (κ2) is 22.3. The molecule has 0 unspecified atom stereocenters. The molecule has 0 fully saturated rings. The molecule has 2 aromatic heterocycles. The molecule has 18 aromatic rings. The minimum atomic E-state index is 1.12. The van der Waals surface area contributed by atoms with Crippen LogP contribution in [0.15, 0.2) is 340 Å². The first-order valence-corrected chi connectivity index (χ1v) is 32.4. The number of hydrogen-bond donors (Lipinski definition) is 0. The number of rotatable bonds is 11. The van der Waals surface area contributed by atoms with E-state index in [2.05, 4.69) is 373 Å². The van der Waals surface area contributed by atoms with Crippen LogP contribution in [-0.4, -0.2) is 23.2 Å². The Morgan fingerprint density at radius 1 is 0.202 bits per heavy atom. The maximum absolute atomic E-state index is 2.49. The van der Waals surface area contributed by atoms with Gasteiger partial charge in [0.25, 0.3) is 0 Å². The first-order valence-electron chi connectivity index (χ1n) is 32.4. The summed E-state index contributed by atoms with van der Waals surface area (Å²) >= 11 is 0. The summed E-state index contributed by atoms with van der Waals surface area (Å²) in [6, 6.07) is 126. The van der Waals surface area contributed by atoms with E-state index in [9.17, 15) is 0 Å². The topological polar surface area (TPSA) is 16.3 Å². The van der Waals surface area contributed by atoms with Crippen molar-refractivity contribution < 1.29 is 0 Å². The molecule has 0 saturated carbocycles. The third kappa shape index (κ3) is 9.37. The molecular formula is C90H62N4. The molecule has 0 saturated heterocycles. The third-order valence-corrected chi connectivity index (χ3v) is 19.7. The van der Waals surface area contributed by atoms with Crippen molar-refractivity contribution in [1.29, 1.82) is 0 Å². The predicted octanol–water partition coefficient (Wildman–Crippen LogP) is 24.4. The first kappa shape index (κ1) is 54.7. The van der Waals surface area contributed by atoms with Gasteiger partial charge in [0.2, 0.25) is 0 Å². The number of hydrogen-bond acceptors (Lipinski definition) is 2. The number of nitrogens with zero attached hydrogens (tertiary/aromatic N) is 4. The molecule has 0 aliphatic heterocycles. The molecule has 0 bridgehead atoms. The number of para-hydroxylation sites is 2. The van der Waals surface area contributed by atoms with Gasteiger partial charge in [-0.2, -0.15) is 0 Å². The van der Waals surface area contributed by atoms with Crippen molar-refractivity contribution in [1.82, 2.24) is 9.13 Å². The van der Waals surface area contributed by atoms with Gasteiger partial charge in [-0.25, -0.2) is 0 Å². The Hall–Kier alpha value is -12.2. The quantitative estimate of drug-likeness (QED) is 0.128. The number of aromatic nitrogens is 2. The maximum atomic E-state index is 2.49. The minimum Gasteiger partial charge on any atom is -0.345 e. The van der Waals surface area contributed by atoms with E-state index in [1.165, 1.54) is 137 Å². The van der Waals surface area contributed by atoms with E-state index in [-0.39, 0.29) is 0 Å². The van der Waals surface area contributed by atoms with Gasteiger partial charge < -0.3 is 18.9 Å². The molecule has 4 heteroatoms. The van der Waals surface area contributed by atoms with Crippen LogP contribution >= 0.6 is 0 Å². The fourth-order valence-corrected chi connectivity index (χ4v) is 14.7. The molecule has 0 aliphatic rings. The van der Waals surface area contributed by atoms with Crippen molar-refractivity contribution in [3.63, 3.8) is 0 Å². The predicted molar refractivity (Wildman–Crippen MR) is 401 cm³/mol. The van der Waals surface area contributed by atoms with Gasteiger partial charge in [0.1, 0.15) is 0 Å². The van der Waals surface area contributed by atoms with Crippen LogP contribution in [0.5, 0.6) is 0 Å². The summed E-state index contributed by atoms with van der Waals surface area (Å²) in [5, 5.41) is 14.7. The summed E-state index contributed by atoms with van der Waals surface area (Å²) in [5.41, 5.74) is 23.3. The summed E-state index contributed by atoms with van der Waals surface area (Å²) < 4.78 is 4.98. The molecule has 2 heterocycles. The van der Waals surface area contributed by atoms with Gasteiger partial charge in [0, 0.05) is 69.8 Å². The van der Waals surface area contributed by atoms with Gasteiger partial charge in [-0.1, -0.05) is 224 Å². The molecule has 0 spiro atoms. The largest absolute Gasteiger partial charge is 0.345 e. The van der Waals surface area contributed by atoms with Gasteiger partial charge in [-0.15, -0.1) is 0 Å². The van der Waals surface area contributed by atoms with Crippen LogP contribution in [0.2, 0.25) is 0 Å². The number of fused-ring (bicyclic) bond motifs is 11. The summed E-state index contributed by atoms with van der Waals surface area (Å²) in [7, 11) is 4.24. The van der Waals surface area contributed by atoms with Crippen LogP contribution < -0.4 is 9.80 Å². The third-order valence-electron chi connectivity index (χ3n) is 19.7. The molecule has 0 N–H and O–H groups in total. The van der Waals surface area contributed by atoms with E-state index in [0.717, 1.165) is 39.7 Å². The number of benzene rings is 16. The average molecular weight is 1200 g/mol.